The number of nitrogens with one attached hydrogen (secondary N) is 1. The van der Waals surface area contributed by atoms with Gasteiger partial charge in [0, 0.05) is 12.6 Å². The van der Waals surface area contributed by atoms with Gasteiger partial charge in [-0.25, -0.2) is 4.39 Å². The van der Waals surface area contributed by atoms with Crippen LogP contribution in [0.2, 0.25) is 0 Å². The summed E-state index contributed by atoms with van der Waals surface area (Å²) in [6.45, 7) is 0.532. The van der Waals surface area contributed by atoms with Crippen molar-refractivity contribution >= 4 is 18.3 Å². The van der Waals surface area contributed by atoms with Gasteiger partial charge in [0.2, 0.25) is 5.91 Å². The van der Waals surface area contributed by atoms with Gasteiger partial charge in [-0.3, -0.25) is 4.79 Å². The molecule has 5 heteroatoms. The number of hydrogen-bond acceptors (Lipinski definition) is 2. The van der Waals surface area contributed by atoms with Crippen LogP contribution in [-0.2, 0) is 11.2 Å². The highest BCUT2D eigenvalue weighted by Crippen LogP contribution is 2.31. The Morgan fingerprint density at radius 1 is 1.39 bits per heavy atom. The first-order valence-corrected chi connectivity index (χ1v) is 5.92. The minimum atomic E-state index is -0.287. The van der Waals surface area contributed by atoms with E-state index < -0.39 is 0 Å². The molecule has 0 bridgehead atoms. The summed E-state index contributed by atoms with van der Waals surface area (Å²) in [5.41, 5.74) is 6.69. The second kappa shape index (κ2) is 6.71. The largest absolute Gasteiger partial charge is 0.354 e. The van der Waals surface area contributed by atoms with Crippen LogP contribution >= 0.6 is 12.4 Å². The average molecular weight is 273 g/mol. The molecule has 100 valence electrons. The molecule has 0 radical (unpaired) electrons. The van der Waals surface area contributed by atoms with Crippen LogP contribution in [0.1, 0.15) is 18.4 Å². The number of benzene rings is 1. The Morgan fingerprint density at radius 2 is 2.00 bits per heavy atom. The average Bonchev–Trinajstić information content (AvgIpc) is 3.13. The third-order valence-electron chi connectivity index (χ3n) is 3.04. The van der Waals surface area contributed by atoms with Gasteiger partial charge in [0.1, 0.15) is 5.82 Å². The highest BCUT2D eigenvalue weighted by atomic mass is 35.5. The maximum Gasteiger partial charge on any atom is 0.224 e. The summed E-state index contributed by atoms with van der Waals surface area (Å²) in [6, 6.07) is 6.04. The van der Waals surface area contributed by atoms with Crippen molar-refractivity contribution in [1.82, 2.24) is 5.32 Å². The molecule has 2 rings (SSSR count). The van der Waals surface area contributed by atoms with Gasteiger partial charge in [0.05, 0.1) is 6.42 Å². The Bertz CT molecular complexity index is 392. The van der Waals surface area contributed by atoms with Crippen LogP contribution in [0, 0.1) is 11.7 Å². The Kier molecular flexibility index (Phi) is 5.56. The summed E-state index contributed by atoms with van der Waals surface area (Å²) in [5.74, 6) is 0.235. The molecule has 18 heavy (non-hydrogen) atoms. The van der Waals surface area contributed by atoms with Crippen molar-refractivity contribution < 1.29 is 9.18 Å². The summed E-state index contributed by atoms with van der Waals surface area (Å²) in [7, 11) is 0. The first kappa shape index (κ1) is 14.9. The third-order valence-corrected chi connectivity index (χ3v) is 3.04. The molecule has 3 N–H and O–H groups in total. The number of halogens is 2. The van der Waals surface area contributed by atoms with Crippen LogP contribution in [-0.4, -0.2) is 18.5 Å². The SMILES string of the molecule is Cl.NC(CNC(=O)Cc1ccc(F)cc1)C1CC1. The van der Waals surface area contributed by atoms with Crippen molar-refractivity contribution in [2.45, 2.75) is 25.3 Å². The monoisotopic (exact) mass is 272 g/mol. The summed E-state index contributed by atoms with van der Waals surface area (Å²) < 4.78 is 12.7. The summed E-state index contributed by atoms with van der Waals surface area (Å²) >= 11 is 0. The molecule has 0 aliphatic heterocycles. The third kappa shape index (κ3) is 4.63. The number of carbonyl (C=O) groups excluding carboxylic acids is 1. The Hall–Kier alpha value is -1.13. The lowest BCUT2D eigenvalue weighted by molar-refractivity contribution is -0.120. The quantitative estimate of drug-likeness (QED) is 0.856. The highest BCUT2D eigenvalue weighted by molar-refractivity contribution is 5.85. The first-order valence-electron chi connectivity index (χ1n) is 5.92. The molecule has 1 aliphatic rings. The summed E-state index contributed by atoms with van der Waals surface area (Å²) in [5, 5.41) is 2.81. The minimum absolute atomic E-state index is 0. The van der Waals surface area contributed by atoms with E-state index in [4.69, 9.17) is 5.73 Å². The van der Waals surface area contributed by atoms with Crippen LogP contribution in [0.4, 0.5) is 4.39 Å². The lowest BCUT2D eigenvalue weighted by Gasteiger charge is -2.11. The number of rotatable bonds is 5. The van der Waals surface area contributed by atoms with E-state index in [0.29, 0.717) is 12.5 Å². The molecule has 1 saturated carbocycles. The van der Waals surface area contributed by atoms with Crippen LogP contribution in [0.15, 0.2) is 24.3 Å². The van der Waals surface area contributed by atoms with Gasteiger partial charge in [0.25, 0.3) is 0 Å². The van der Waals surface area contributed by atoms with E-state index in [1.807, 2.05) is 0 Å². The fraction of sp³-hybridized carbons (Fsp3) is 0.462. The molecule has 0 saturated heterocycles. The number of amides is 1. The van der Waals surface area contributed by atoms with Crippen LogP contribution in [0.25, 0.3) is 0 Å². The van der Waals surface area contributed by atoms with Gasteiger partial charge >= 0.3 is 0 Å². The topological polar surface area (TPSA) is 55.1 Å². The number of nitrogens with two attached hydrogens (primary N) is 1. The van der Waals surface area contributed by atoms with Crippen molar-refractivity contribution in [3.8, 4) is 0 Å². The molecule has 1 fully saturated rings. The van der Waals surface area contributed by atoms with Gasteiger partial charge in [-0.1, -0.05) is 12.1 Å². The van der Waals surface area contributed by atoms with Crippen molar-refractivity contribution in [1.29, 1.82) is 0 Å². The van der Waals surface area contributed by atoms with E-state index in [-0.39, 0.29) is 36.6 Å². The number of hydrogen-bond donors (Lipinski definition) is 2. The van der Waals surface area contributed by atoms with Gasteiger partial charge < -0.3 is 11.1 Å². The molecular formula is C13H18ClFN2O. The molecule has 3 nitrogen and oxygen atoms in total. The second-order valence-electron chi connectivity index (χ2n) is 4.61. The molecule has 1 amide bonds. The van der Waals surface area contributed by atoms with E-state index in [2.05, 4.69) is 5.32 Å². The van der Waals surface area contributed by atoms with Gasteiger partial charge in [0.15, 0.2) is 0 Å². The first-order chi connectivity index (χ1) is 8.15. The van der Waals surface area contributed by atoms with Crippen molar-refractivity contribution in [3.05, 3.63) is 35.6 Å². The Labute approximate surface area is 112 Å². The fourth-order valence-electron chi connectivity index (χ4n) is 1.77. The van der Waals surface area contributed by atoms with Gasteiger partial charge in [-0.15, -0.1) is 12.4 Å². The van der Waals surface area contributed by atoms with Crippen molar-refractivity contribution in [3.63, 3.8) is 0 Å². The van der Waals surface area contributed by atoms with Gasteiger partial charge in [-0.2, -0.15) is 0 Å². The standard InChI is InChI=1S/C13H17FN2O.ClH/c14-11-5-1-9(2-6-11)7-13(17)16-8-12(15)10-3-4-10;/h1-2,5-6,10,12H,3-4,7-8,15H2,(H,16,17);1H. The number of carbonyl (C=O) groups is 1. The molecule has 1 unspecified atom stereocenters. The van der Waals surface area contributed by atoms with Crippen LogP contribution in [0.3, 0.4) is 0 Å². The molecular weight excluding hydrogens is 255 g/mol. The normalized spacial score (nSPS) is 15.7. The molecule has 1 atom stereocenters. The fourth-order valence-corrected chi connectivity index (χ4v) is 1.77. The minimum Gasteiger partial charge on any atom is -0.354 e. The zero-order valence-corrected chi connectivity index (χ0v) is 10.9. The van der Waals surface area contributed by atoms with Crippen LogP contribution in [0.5, 0.6) is 0 Å². The van der Waals surface area contributed by atoms with E-state index in [1.165, 1.54) is 25.0 Å². The van der Waals surface area contributed by atoms with E-state index in [0.717, 1.165) is 5.56 Å². The molecule has 1 aromatic carbocycles. The Morgan fingerprint density at radius 3 is 2.56 bits per heavy atom. The summed E-state index contributed by atoms with van der Waals surface area (Å²) in [4.78, 5) is 11.6. The molecule has 0 spiro atoms. The predicted octanol–water partition coefficient (Wildman–Crippen LogP) is 1.64. The maximum absolute atomic E-state index is 12.7. The second-order valence-corrected chi connectivity index (χ2v) is 4.61. The Balaban J connectivity index is 0.00000162. The molecule has 1 aromatic rings. The van der Waals surface area contributed by atoms with E-state index in [1.54, 1.807) is 12.1 Å². The smallest absolute Gasteiger partial charge is 0.224 e. The zero-order chi connectivity index (χ0) is 12.3. The van der Waals surface area contributed by atoms with Gasteiger partial charge in [-0.05, 0) is 36.5 Å². The van der Waals surface area contributed by atoms with E-state index >= 15 is 0 Å². The lowest BCUT2D eigenvalue weighted by Crippen LogP contribution is -2.39. The predicted molar refractivity (Wildman–Crippen MR) is 71.1 cm³/mol. The maximum atomic E-state index is 12.7. The van der Waals surface area contributed by atoms with E-state index in [9.17, 15) is 9.18 Å². The molecule has 0 heterocycles. The van der Waals surface area contributed by atoms with Crippen molar-refractivity contribution in [2.75, 3.05) is 6.54 Å². The highest BCUT2D eigenvalue weighted by Gasteiger charge is 2.28. The van der Waals surface area contributed by atoms with Crippen molar-refractivity contribution in [2.24, 2.45) is 11.7 Å². The summed E-state index contributed by atoms with van der Waals surface area (Å²) in [6.07, 6.45) is 2.63. The molecule has 0 aromatic heterocycles. The zero-order valence-electron chi connectivity index (χ0n) is 10.1. The molecule has 1 aliphatic carbocycles. The lowest BCUT2D eigenvalue weighted by atomic mass is 10.1. The van der Waals surface area contributed by atoms with Crippen LogP contribution < -0.4 is 11.1 Å².